The van der Waals surface area contributed by atoms with Gasteiger partial charge in [-0.3, -0.25) is 18.6 Å². The van der Waals surface area contributed by atoms with Crippen molar-refractivity contribution >= 4 is 38.7 Å². The zero-order valence-electron chi connectivity index (χ0n) is 48.5. The number of alkyl halides is 3. The average Bonchev–Trinajstić information content (AvgIpc) is 3.39. The van der Waals surface area contributed by atoms with Crippen molar-refractivity contribution < 1.29 is 93.7 Å². The van der Waals surface area contributed by atoms with Gasteiger partial charge in [0.25, 0.3) is 10.1 Å². The molecule has 1 aromatic carbocycles. The number of esters is 1. The van der Waals surface area contributed by atoms with Gasteiger partial charge < -0.3 is 68.4 Å². The van der Waals surface area contributed by atoms with Crippen LogP contribution >= 0.6 is 0 Å². The summed E-state index contributed by atoms with van der Waals surface area (Å²) in [6.07, 6.45) is -14.3. The number of ketones is 1. The topological polar surface area (TPSA) is 277 Å². The van der Waals surface area contributed by atoms with Gasteiger partial charge in [-0.25, -0.2) is 4.79 Å². The molecule has 0 amide bonds. The van der Waals surface area contributed by atoms with Crippen LogP contribution in [-0.2, 0) is 70.0 Å². The number of Topliss-reactive ketones (excluding diaryl/α,β-unsaturated/α-hetero) is 1. The normalized spacial score (nSPS) is 36.4. The second-order valence-corrected chi connectivity index (χ2v) is 24.8. The third-order valence-electron chi connectivity index (χ3n) is 16.5. The maximum absolute atomic E-state index is 14.6. The first-order valence-electron chi connectivity index (χ1n) is 27.3. The van der Waals surface area contributed by atoms with Crippen molar-refractivity contribution in [3.05, 3.63) is 45.7 Å². The Bertz CT molecular complexity index is 2620. The highest BCUT2D eigenvalue weighted by Gasteiger charge is 2.55. The Labute approximate surface area is 467 Å². The van der Waals surface area contributed by atoms with Crippen LogP contribution < -0.4 is 10.7 Å². The van der Waals surface area contributed by atoms with E-state index in [2.05, 4.69) is 5.32 Å². The second-order valence-electron chi connectivity index (χ2n) is 23.1. The van der Waals surface area contributed by atoms with Crippen LogP contribution in [0, 0.1) is 23.7 Å². The summed E-state index contributed by atoms with van der Waals surface area (Å²) in [5, 5.41) is 47.6. The monoisotopic (exact) mass is 1170 g/mol. The van der Waals surface area contributed by atoms with Gasteiger partial charge in [-0.2, -0.15) is 21.6 Å². The molecular formula is C55H86F3N3O18S. The quantitative estimate of drug-likeness (QED) is 0.0731. The summed E-state index contributed by atoms with van der Waals surface area (Å²) in [5.74, 6) is -7.35. The lowest BCUT2D eigenvalue weighted by Gasteiger charge is -2.50. The van der Waals surface area contributed by atoms with E-state index < -0.39 is 153 Å². The number of nitrogens with zero attached hydrogens (tertiary/aromatic N) is 2. The van der Waals surface area contributed by atoms with E-state index in [4.69, 9.17) is 37.3 Å². The van der Waals surface area contributed by atoms with Crippen molar-refractivity contribution in [1.29, 1.82) is 0 Å². The lowest BCUT2D eigenvalue weighted by Crippen LogP contribution is -2.62. The van der Waals surface area contributed by atoms with Crippen LogP contribution in [-0.4, -0.2) is 194 Å². The number of aliphatic hydroxyl groups excluding tert-OH is 2. The number of aromatic nitrogens is 1. The first-order valence-corrected chi connectivity index (χ1v) is 28.9. The number of pyridine rings is 1. The van der Waals surface area contributed by atoms with Gasteiger partial charge in [0.15, 0.2) is 12.6 Å². The number of carbonyl (C=O) groups is 3. The number of likely N-dealkylation sites (N-methyl/N-ethyl adjacent to an activating group) is 1. The number of hydrogen-bond donors (Lipinski definition) is 5. The van der Waals surface area contributed by atoms with E-state index in [-0.39, 0.29) is 55.4 Å². The number of carboxylic acid groups (broad SMARTS) is 1. The van der Waals surface area contributed by atoms with Crippen molar-refractivity contribution in [2.75, 3.05) is 47.2 Å². The molecule has 2 aromatic rings. The Morgan fingerprint density at radius 3 is 2.15 bits per heavy atom. The molecule has 3 aliphatic rings. The van der Waals surface area contributed by atoms with E-state index in [0.29, 0.717) is 35.6 Å². The molecule has 0 bridgehead atoms. The molecule has 3 fully saturated rings. The van der Waals surface area contributed by atoms with E-state index in [9.17, 15) is 61.2 Å². The number of ether oxygens (including phenoxy) is 7. The number of hydrogen-bond acceptors (Lipinski definition) is 19. The third-order valence-corrected chi connectivity index (χ3v) is 17.8. The number of halogens is 3. The van der Waals surface area contributed by atoms with Gasteiger partial charge >= 0.3 is 18.1 Å². The van der Waals surface area contributed by atoms with Gasteiger partial charge in [0, 0.05) is 62.6 Å². The van der Waals surface area contributed by atoms with Crippen LogP contribution in [0.15, 0.2) is 29.2 Å². The number of aromatic carboxylic acids is 1. The highest BCUT2D eigenvalue weighted by molar-refractivity contribution is 7.86. The summed E-state index contributed by atoms with van der Waals surface area (Å²) < 4.78 is 119. The SMILES string of the molecule is CC[C@H]1OC(=O)[C@H](C)[C@@H](O[C@H]2C[C@@](C)(OC)[C@@H](OS(=O)(=O)CCNCCCc3ccc4c(c3)c(=O)c(C(=O)O)cn4CC(F)(F)F)[C@H](C)O2)[C@H](C)[C@@H](O[C@@H]2O[C@H](C)C[C@H](N(C)C)[C@H]2O)[C@](C)(OC)C[C@@H](C)C(=O)[C@H](C)[C@@H](O)[C@]1(C)O. The van der Waals surface area contributed by atoms with Gasteiger partial charge in [-0.15, -0.1) is 0 Å². The molecule has 25 heteroatoms. The smallest absolute Gasteiger partial charge is 0.406 e. The number of cyclic esters (lactones) is 1. The Morgan fingerprint density at radius 2 is 1.56 bits per heavy atom. The second kappa shape index (κ2) is 26.9. The van der Waals surface area contributed by atoms with Gasteiger partial charge in [-0.05, 0) is 112 Å². The molecule has 80 heavy (non-hydrogen) atoms. The van der Waals surface area contributed by atoms with E-state index in [1.54, 1.807) is 48.5 Å². The molecule has 18 atom stereocenters. The number of benzene rings is 1. The fourth-order valence-electron chi connectivity index (χ4n) is 11.8. The zero-order chi connectivity index (χ0) is 60.2. The molecule has 3 saturated heterocycles. The molecule has 0 saturated carbocycles. The highest BCUT2D eigenvalue weighted by Crippen LogP contribution is 2.43. The van der Waals surface area contributed by atoms with Gasteiger partial charge in [-0.1, -0.05) is 33.8 Å². The predicted octanol–water partition coefficient (Wildman–Crippen LogP) is 4.59. The fourth-order valence-corrected chi connectivity index (χ4v) is 12.9. The maximum atomic E-state index is 14.6. The van der Waals surface area contributed by atoms with Crippen LogP contribution in [0.3, 0.4) is 0 Å². The lowest BCUT2D eigenvalue weighted by molar-refractivity contribution is -0.317. The summed E-state index contributed by atoms with van der Waals surface area (Å²) in [6.45, 7) is 15.0. The molecule has 0 radical (unpaired) electrons. The highest BCUT2D eigenvalue weighted by atomic mass is 32.2. The molecule has 5 N–H and O–H groups in total. The summed E-state index contributed by atoms with van der Waals surface area (Å²) in [7, 11) is 2.19. The van der Waals surface area contributed by atoms with Gasteiger partial charge in [0.1, 0.15) is 41.8 Å². The lowest BCUT2D eigenvalue weighted by atomic mass is 9.74. The summed E-state index contributed by atoms with van der Waals surface area (Å²) >= 11 is 0. The molecule has 3 aliphatic heterocycles. The minimum absolute atomic E-state index is 0.00355. The largest absolute Gasteiger partial charge is 0.477 e. The van der Waals surface area contributed by atoms with Crippen LogP contribution in [0.1, 0.15) is 117 Å². The molecule has 0 aliphatic carbocycles. The Balaban J connectivity index is 1.36. The minimum Gasteiger partial charge on any atom is -0.477 e. The Hall–Kier alpha value is -3.70. The first kappa shape index (κ1) is 67.1. The molecule has 4 heterocycles. The van der Waals surface area contributed by atoms with Crippen molar-refractivity contribution in [3.63, 3.8) is 0 Å². The van der Waals surface area contributed by atoms with Crippen LogP contribution in [0.2, 0.25) is 0 Å². The molecule has 21 nitrogen and oxygen atoms in total. The summed E-state index contributed by atoms with van der Waals surface area (Å²) in [6, 6.07) is 3.85. The third kappa shape index (κ3) is 15.7. The molecule has 1 aromatic heterocycles. The van der Waals surface area contributed by atoms with E-state index >= 15 is 0 Å². The number of aliphatic hydroxyl groups is 3. The zero-order valence-corrected chi connectivity index (χ0v) is 49.3. The summed E-state index contributed by atoms with van der Waals surface area (Å²) in [4.78, 5) is 55.3. The standard InChI is InChI=1S/C55H86F3N3O18S/c1-15-40-54(10,69)46(65)31(4)42(62)29(2)25-52(8,72-13)47(78-51-44(64)39(60(11)12)23-30(3)74-51)32(5)45(33(6)50(68)76-40)77-41-26-53(9,73-14)48(34(7)75-41)79-80(70,71)22-21-59-20-16-17-35-18-19-38-36(24-35)43(63)37(49(66)67)27-61(38)28-55(56,57)58/h18-19,24,27,29-34,39-41,44-48,51,59,64-65,69H,15-17,20-23,25-26,28H2,1-14H3,(H,66,67)/t29-,30-,31+,32+,33-,34+,39+,40-,41+,44-,45+,46-,47-,48+,51+,52-,53-,54-/m1/s1. The number of carbonyl (C=O) groups excluding carboxylic acids is 2. The van der Waals surface area contributed by atoms with E-state index in [1.165, 1.54) is 46.3 Å². The first-order chi connectivity index (χ1) is 37.0. The summed E-state index contributed by atoms with van der Waals surface area (Å²) in [5.41, 5.74) is -6.12. The maximum Gasteiger partial charge on any atom is 0.406 e. The van der Waals surface area contributed by atoms with Crippen molar-refractivity contribution in [1.82, 2.24) is 14.8 Å². The van der Waals surface area contributed by atoms with Crippen LogP contribution in [0.25, 0.3) is 10.9 Å². The van der Waals surface area contributed by atoms with Crippen LogP contribution in [0.5, 0.6) is 0 Å². The van der Waals surface area contributed by atoms with E-state index in [0.717, 1.165) is 0 Å². The number of fused-ring (bicyclic) bond motifs is 1. The van der Waals surface area contributed by atoms with Crippen molar-refractivity contribution in [2.24, 2.45) is 23.7 Å². The Morgan fingerprint density at radius 1 is 0.925 bits per heavy atom. The number of aryl methyl sites for hydroxylation is 1. The molecular weight excluding hydrogens is 1080 g/mol. The number of carboxylic acids is 1. The van der Waals surface area contributed by atoms with Crippen molar-refractivity contribution in [3.8, 4) is 0 Å². The van der Waals surface area contributed by atoms with E-state index in [1.807, 2.05) is 25.9 Å². The Kier molecular flexibility index (Phi) is 22.6. The number of methoxy groups -OCH3 is 2. The number of rotatable bonds is 19. The molecule has 5 rings (SSSR count). The van der Waals surface area contributed by atoms with Crippen molar-refractivity contribution in [2.45, 2.75) is 205 Å². The molecule has 0 unspecified atom stereocenters. The fraction of sp³-hybridized carbons (Fsp3) is 0.782. The minimum atomic E-state index is -4.68. The predicted molar refractivity (Wildman–Crippen MR) is 286 cm³/mol. The molecule has 456 valence electrons. The average molecular weight is 1170 g/mol. The van der Waals surface area contributed by atoms with Crippen LogP contribution in [0.4, 0.5) is 13.2 Å². The van der Waals surface area contributed by atoms with Gasteiger partial charge in [0.05, 0.1) is 58.9 Å². The molecule has 0 spiro atoms. The number of nitrogens with one attached hydrogen (secondary N) is 1. The van der Waals surface area contributed by atoms with Gasteiger partial charge in [0.2, 0.25) is 5.43 Å².